The highest BCUT2D eigenvalue weighted by Crippen LogP contribution is 2.28. The quantitative estimate of drug-likeness (QED) is 0.765. The number of rotatable bonds is 3. The van der Waals surface area contributed by atoms with Crippen molar-refractivity contribution in [3.8, 4) is 0 Å². The third kappa shape index (κ3) is 2.55. The minimum absolute atomic E-state index is 0.142. The number of hydrogen-bond donors (Lipinski definition) is 2. The van der Waals surface area contributed by atoms with Crippen LogP contribution in [0.2, 0.25) is 0 Å². The molecule has 0 bridgehead atoms. The van der Waals surface area contributed by atoms with Gasteiger partial charge in [0.2, 0.25) is 0 Å². The van der Waals surface area contributed by atoms with E-state index in [2.05, 4.69) is 5.32 Å². The Kier molecular flexibility index (Phi) is 3.37. The zero-order valence-corrected chi connectivity index (χ0v) is 10.9. The molecule has 1 rings (SSSR count). The van der Waals surface area contributed by atoms with Crippen molar-refractivity contribution in [3.05, 3.63) is 0 Å². The van der Waals surface area contributed by atoms with Gasteiger partial charge in [0.05, 0.1) is 11.1 Å². The first-order chi connectivity index (χ1) is 7.08. The minimum Gasteiger partial charge on any atom is -0.388 e. The second-order valence-corrected chi connectivity index (χ2v) is 5.82. The number of hydrogen-bond acceptors (Lipinski definition) is 3. The molecule has 1 amide bonds. The summed E-state index contributed by atoms with van der Waals surface area (Å²) in [5, 5.41) is 12.8. The maximum absolute atomic E-state index is 12.1. The first-order valence-corrected chi connectivity index (χ1v) is 5.77. The summed E-state index contributed by atoms with van der Waals surface area (Å²) in [6.07, 6.45) is 1.65. The number of carbonyl (C=O) groups is 1. The van der Waals surface area contributed by atoms with Crippen LogP contribution in [0.3, 0.4) is 0 Å². The third-order valence-corrected chi connectivity index (χ3v) is 3.65. The van der Waals surface area contributed by atoms with Crippen molar-refractivity contribution in [2.45, 2.75) is 64.2 Å². The number of ether oxygens (including phenoxy) is 1. The van der Waals surface area contributed by atoms with E-state index >= 15 is 0 Å². The molecule has 94 valence electrons. The summed E-state index contributed by atoms with van der Waals surface area (Å²) in [6.45, 7) is 9.42. The van der Waals surface area contributed by atoms with Gasteiger partial charge in [0, 0.05) is 6.61 Å². The van der Waals surface area contributed by atoms with E-state index in [4.69, 9.17) is 4.74 Å². The highest BCUT2D eigenvalue weighted by Gasteiger charge is 2.43. The van der Waals surface area contributed by atoms with Gasteiger partial charge in [-0.15, -0.1) is 0 Å². The molecule has 1 saturated heterocycles. The molecular formula is C12H23NO3. The lowest BCUT2D eigenvalue weighted by Gasteiger charge is -2.40. The molecule has 1 fully saturated rings. The normalized spacial score (nSPS) is 26.9. The van der Waals surface area contributed by atoms with Gasteiger partial charge in [0.15, 0.2) is 0 Å². The predicted octanol–water partition coefficient (Wildman–Crippen LogP) is 1.22. The Bertz CT molecular complexity index is 272. The fourth-order valence-corrected chi connectivity index (χ4v) is 1.53. The largest absolute Gasteiger partial charge is 0.388 e. The Morgan fingerprint density at radius 3 is 2.31 bits per heavy atom. The summed E-state index contributed by atoms with van der Waals surface area (Å²) in [6, 6.07) is 0. The molecule has 0 aromatic carbocycles. The van der Waals surface area contributed by atoms with Gasteiger partial charge in [0.25, 0.3) is 5.91 Å². The van der Waals surface area contributed by atoms with E-state index in [0.717, 1.165) is 12.8 Å². The summed E-state index contributed by atoms with van der Waals surface area (Å²) in [4.78, 5) is 12.1. The van der Waals surface area contributed by atoms with Crippen LogP contribution in [0.15, 0.2) is 0 Å². The van der Waals surface area contributed by atoms with E-state index in [9.17, 15) is 9.90 Å². The highest BCUT2D eigenvalue weighted by atomic mass is 16.5. The summed E-state index contributed by atoms with van der Waals surface area (Å²) in [5.74, 6) is -0.142. The Labute approximate surface area is 97.4 Å². The van der Waals surface area contributed by atoms with Crippen LogP contribution in [0.1, 0.15) is 47.5 Å². The summed E-state index contributed by atoms with van der Waals surface area (Å²) >= 11 is 0. The molecule has 0 aliphatic carbocycles. The first-order valence-electron chi connectivity index (χ1n) is 5.77. The standard InChI is InChI=1S/C12H23NO3/c1-10(2,11(3,4)15)13-9(14)12(5)7-6-8-16-12/h15H,6-8H2,1-5H3,(H,13,14). The van der Waals surface area contributed by atoms with Crippen LogP contribution in [-0.2, 0) is 9.53 Å². The molecule has 1 atom stereocenters. The fourth-order valence-electron chi connectivity index (χ4n) is 1.53. The summed E-state index contributed by atoms with van der Waals surface area (Å²) in [7, 11) is 0. The molecule has 1 aliphatic rings. The second-order valence-electron chi connectivity index (χ2n) is 5.82. The molecule has 4 nitrogen and oxygen atoms in total. The molecule has 1 unspecified atom stereocenters. The molecule has 4 heteroatoms. The molecule has 1 aliphatic heterocycles. The van der Waals surface area contributed by atoms with Crippen molar-refractivity contribution in [2.75, 3.05) is 6.61 Å². The number of carbonyl (C=O) groups excluding carboxylic acids is 1. The average molecular weight is 229 g/mol. The Hall–Kier alpha value is -0.610. The van der Waals surface area contributed by atoms with Crippen LogP contribution >= 0.6 is 0 Å². The van der Waals surface area contributed by atoms with Crippen molar-refractivity contribution in [3.63, 3.8) is 0 Å². The maximum Gasteiger partial charge on any atom is 0.252 e. The van der Waals surface area contributed by atoms with Crippen LogP contribution < -0.4 is 5.32 Å². The Morgan fingerprint density at radius 1 is 1.38 bits per heavy atom. The van der Waals surface area contributed by atoms with Crippen molar-refractivity contribution in [1.82, 2.24) is 5.32 Å². The van der Waals surface area contributed by atoms with E-state index < -0.39 is 16.7 Å². The lowest BCUT2D eigenvalue weighted by Crippen LogP contribution is -2.61. The van der Waals surface area contributed by atoms with Gasteiger partial charge in [0.1, 0.15) is 5.60 Å². The monoisotopic (exact) mass is 229 g/mol. The summed E-state index contributed by atoms with van der Waals surface area (Å²) < 4.78 is 5.47. The molecular weight excluding hydrogens is 206 g/mol. The van der Waals surface area contributed by atoms with Crippen LogP contribution in [-0.4, -0.2) is 34.4 Å². The molecule has 0 aromatic heterocycles. The number of aliphatic hydroxyl groups is 1. The SMILES string of the molecule is CC1(C(=O)NC(C)(C)C(C)(C)O)CCCO1. The summed E-state index contributed by atoms with van der Waals surface area (Å²) in [5.41, 5.74) is -2.39. The lowest BCUT2D eigenvalue weighted by molar-refractivity contribution is -0.144. The smallest absolute Gasteiger partial charge is 0.252 e. The third-order valence-electron chi connectivity index (χ3n) is 3.65. The van der Waals surface area contributed by atoms with Gasteiger partial charge in [-0.1, -0.05) is 0 Å². The minimum atomic E-state index is -0.975. The van der Waals surface area contributed by atoms with Gasteiger partial charge >= 0.3 is 0 Å². The molecule has 2 N–H and O–H groups in total. The van der Waals surface area contributed by atoms with Crippen molar-refractivity contribution in [2.24, 2.45) is 0 Å². The van der Waals surface area contributed by atoms with Crippen LogP contribution in [0, 0.1) is 0 Å². The Balaban J connectivity index is 2.71. The van der Waals surface area contributed by atoms with Gasteiger partial charge in [-0.2, -0.15) is 0 Å². The number of nitrogens with one attached hydrogen (secondary N) is 1. The van der Waals surface area contributed by atoms with Crippen molar-refractivity contribution < 1.29 is 14.6 Å². The van der Waals surface area contributed by atoms with E-state index in [1.807, 2.05) is 13.8 Å². The van der Waals surface area contributed by atoms with Gasteiger partial charge in [-0.25, -0.2) is 0 Å². The van der Waals surface area contributed by atoms with Gasteiger partial charge in [-0.3, -0.25) is 4.79 Å². The molecule has 1 heterocycles. The van der Waals surface area contributed by atoms with Crippen molar-refractivity contribution >= 4 is 5.91 Å². The molecule has 16 heavy (non-hydrogen) atoms. The predicted molar refractivity (Wildman–Crippen MR) is 62.1 cm³/mol. The van der Waals surface area contributed by atoms with E-state index in [-0.39, 0.29) is 5.91 Å². The van der Waals surface area contributed by atoms with Crippen LogP contribution in [0.5, 0.6) is 0 Å². The number of amides is 1. The molecule has 0 radical (unpaired) electrons. The van der Waals surface area contributed by atoms with Crippen LogP contribution in [0.25, 0.3) is 0 Å². The van der Waals surface area contributed by atoms with Gasteiger partial charge < -0.3 is 15.2 Å². The zero-order valence-electron chi connectivity index (χ0n) is 10.9. The zero-order chi connectivity index (χ0) is 12.6. The maximum atomic E-state index is 12.1. The van der Waals surface area contributed by atoms with E-state index in [1.54, 1.807) is 20.8 Å². The molecule has 0 spiro atoms. The van der Waals surface area contributed by atoms with Gasteiger partial charge in [-0.05, 0) is 47.5 Å². The molecule has 0 aromatic rings. The Morgan fingerprint density at radius 2 is 1.94 bits per heavy atom. The first kappa shape index (κ1) is 13.5. The van der Waals surface area contributed by atoms with E-state index in [0.29, 0.717) is 6.61 Å². The fraction of sp³-hybridized carbons (Fsp3) is 0.917. The van der Waals surface area contributed by atoms with Crippen LogP contribution in [0.4, 0.5) is 0 Å². The average Bonchev–Trinajstić information content (AvgIpc) is 2.50. The highest BCUT2D eigenvalue weighted by molar-refractivity contribution is 5.85. The molecule has 0 saturated carbocycles. The van der Waals surface area contributed by atoms with Crippen molar-refractivity contribution in [1.29, 1.82) is 0 Å². The topological polar surface area (TPSA) is 58.6 Å². The lowest BCUT2D eigenvalue weighted by atomic mass is 9.85. The second kappa shape index (κ2) is 4.00. The van der Waals surface area contributed by atoms with E-state index in [1.165, 1.54) is 0 Å².